The molecule has 0 N–H and O–H groups in total. The Morgan fingerprint density at radius 1 is 1.14 bits per heavy atom. The van der Waals surface area contributed by atoms with Crippen LogP contribution in [0.2, 0.25) is 0 Å². The van der Waals surface area contributed by atoms with E-state index in [-0.39, 0.29) is 0 Å². The molecule has 0 aliphatic carbocycles. The van der Waals surface area contributed by atoms with E-state index in [1.807, 2.05) is 42.1 Å². The third-order valence-corrected chi connectivity index (χ3v) is 3.39. The number of aryl methyl sites for hydroxylation is 1. The van der Waals surface area contributed by atoms with Crippen molar-refractivity contribution < 1.29 is 0 Å². The van der Waals surface area contributed by atoms with Crippen molar-refractivity contribution in [2.24, 2.45) is 0 Å². The number of aromatic nitrogens is 2. The molecule has 0 unspecified atom stereocenters. The number of hydrogen-bond acceptors (Lipinski definition) is 1. The quantitative estimate of drug-likeness (QED) is 0.784. The zero-order chi connectivity index (χ0) is 10.1. The Labute approximate surface area is 99.2 Å². The van der Waals surface area contributed by atoms with E-state index in [4.69, 9.17) is 0 Å². The summed E-state index contributed by atoms with van der Waals surface area (Å²) in [6, 6.07) is 7.99. The molecule has 2 aromatic rings. The molecule has 0 saturated heterocycles. The van der Waals surface area contributed by atoms with Crippen molar-refractivity contribution in [2.75, 3.05) is 0 Å². The summed E-state index contributed by atoms with van der Waals surface area (Å²) in [4.78, 5) is 0. The minimum absolute atomic E-state index is 0.987. The molecule has 0 spiro atoms. The van der Waals surface area contributed by atoms with Gasteiger partial charge in [-0.2, -0.15) is 5.10 Å². The van der Waals surface area contributed by atoms with Gasteiger partial charge in [-0.05, 0) is 50.9 Å². The molecule has 14 heavy (non-hydrogen) atoms. The van der Waals surface area contributed by atoms with Crippen LogP contribution in [0.15, 0.2) is 39.4 Å². The minimum atomic E-state index is 0.987. The molecular weight excluding hydrogens is 308 g/mol. The zero-order valence-electron chi connectivity index (χ0n) is 7.54. The number of para-hydroxylation sites is 1. The van der Waals surface area contributed by atoms with Crippen LogP contribution in [0.1, 0.15) is 5.69 Å². The predicted molar refractivity (Wildman–Crippen MR) is 63.7 cm³/mol. The third kappa shape index (κ3) is 1.77. The maximum atomic E-state index is 4.38. The molecule has 0 radical (unpaired) electrons. The molecule has 4 heteroatoms. The van der Waals surface area contributed by atoms with E-state index >= 15 is 0 Å². The summed E-state index contributed by atoms with van der Waals surface area (Å²) in [6.45, 7) is 1.97. The van der Waals surface area contributed by atoms with Crippen molar-refractivity contribution in [1.82, 2.24) is 9.78 Å². The van der Waals surface area contributed by atoms with Crippen molar-refractivity contribution in [2.45, 2.75) is 6.92 Å². The van der Waals surface area contributed by atoms with Gasteiger partial charge in [0.05, 0.1) is 15.9 Å². The van der Waals surface area contributed by atoms with Crippen LogP contribution in [0.5, 0.6) is 0 Å². The molecule has 0 aliphatic heterocycles. The van der Waals surface area contributed by atoms with E-state index in [0.29, 0.717) is 0 Å². The highest BCUT2D eigenvalue weighted by Gasteiger charge is 2.05. The van der Waals surface area contributed by atoms with Crippen LogP contribution in [-0.2, 0) is 0 Å². The van der Waals surface area contributed by atoms with Crippen molar-refractivity contribution in [1.29, 1.82) is 0 Å². The highest BCUT2D eigenvalue weighted by atomic mass is 79.9. The van der Waals surface area contributed by atoms with Gasteiger partial charge in [0.15, 0.2) is 0 Å². The smallest absolute Gasteiger partial charge is 0.0788 e. The summed E-state index contributed by atoms with van der Waals surface area (Å²) in [5.41, 5.74) is 2.03. The van der Waals surface area contributed by atoms with Gasteiger partial charge in [0.25, 0.3) is 0 Å². The first-order chi connectivity index (χ1) is 6.68. The topological polar surface area (TPSA) is 17.8 Å². The molecule has 2 rings (SSSR count). The van der Waals surface area contributed by atoms with Gasteiger partial charge >= 0.3 is 0 Å². The fraction of sp³-hybridized carbons (Fsp3) is 0.100. The molecule has 2 nitrogen and oxygen atoms in total. The normalized spacial score (nSPS) is 10.5. The van der Waals surface area contributed by atoms with Gasteiger partial charge < -0.3 is 0 Å². The van der Waals surface area contributed by atoms with Crippen LogP contribution in [0.25, 0.3) is 5.69 Å². The lowest BCUT2D eigenvalue weighted by Crippen LogP contribution is -1.95. The van der Waals surface area contributed by atoms with Gasteiger partial charge in [0, 0.05) is 10.7 Å². The summed E-state index contributed by atoms with van der Waals surface area (Å²) >= 11 is 6.93. The van der Waals surface area contributed by atoms with Gasteiger partial charge in [0.1, 0.15) is 0 Å². The lowest BCUT2D eigenvalue weighted by molar-refractivity contribution is 0.859. The summed E-state index contributed by atoms with van der Waals surface area (Å²) in [6.07, 6.45) is 1.95. The monoisotopic (exact) mass is 314 g/mol. The fourth-order valence-electron chi connectivity index (χ4n) is 1.20. The molecule has 1 aromatic carbocycles. The molecule has 72 valence electrons. The van der Waals surface area contributed by atoms with Crippen molar-refractivity contribution in [3.63, 3.8) is 0 Å². The van der Waals surface area contributed by atoms with Crippen molar-refractivity contribution >= 4 is 31.9 Å². The summed E-state index contributed by atoms with van der Waals surface area (Å²) in [7, 11) is 0. The Morgan fingerprint density at radius 2 is 1.86 bits per heavy atom. The van der Waals surface area contributed by atoms with E-state index in [9.17, 15) is 0 Å². The van der Waals surface area contributed by atoms with E-state index in [1.54, 1.807) is 0 Å². The Kier molecular flexibility index (Phi) is 2.74. The van der Waals surface area contributed by atoms with E-state index in [0.717, 1.165) is 20.3 Å². The summed E-state index contributed by atoms with van der Waals surface area (Å²) in [5.74, 6) is 0. The first kappa shape index (κ1) is 9.93. The van der Waals surface area contributed by atoms with Gasteiger partial charge in [-0.25, -0.2) is 4.68 Å². The van der Waals surface area contributed by atoms with Crippen LogP contribution in [-0.4, -0.2) is 9.78 Å². The second kappa shape index (κ2) is 3.87. The fourth-order valence-corrected chi connectivity index (χ4v) is 1.94. The lowest BCUT2D eigenvalue weighted by atomic mass is 10.3. The predicted octanol–water partition coefficient (Wildman–Crippen LogP) is 3.71. The van der Waals surface area contributed by atoms with Crippen LogP contribution in [0.3, 0.4) is 0 Å². The molecule has 0 fully saturated rings. The third-order valence-electron chi connectivity index (χ3n) is 1.94. The number of nitrogens with zero attached hydrogens (tertiary/aromatic N) is 2. The van der Waals surface area contributed by atoms with E-state index in [1.165, 1.54) is 0 Å². The number of halogens is 2. The first-order valence-electron chi connectivity index (χ1n) is 4.15. The molecule has 0 amide bonds. The van der Waals surface area contributed by atoms with Gasteiger partial charge in [-0.3, -0.25) is 0 Å². The summed E-state index contributed by atoms with van der Waals surface area (Å²) in [5, 5.41) is 4.38. The SMILES string of the molecule is Cc1nn(-c2ccccc2Br)cc1Br. The summed E-state index contributed by atoms with van der Waals surface area (Å²) < 4.78 is 3.91. The Morgan fingerprint density at radius 3 is 2.43 bits per heavy atom. The highest BCUT2D eigenvalue weighted by Crippen LogP contribution is 2.22. The van der Waals surface area contributed by atoms with E-state index in [2.05, 4.69) is 37.0 Å². The number of benzene rings is 1. The van der Waals surface area contributed by atoms with Gasteiger partial charge in [-0.15, -0.1) is 0 Å². The average Bonchev–Trinajstić information content (AvgIpc) is 2.48. The van der Waals surface area contributed by atoms with Crippen LogP contribution in [0.4, 0.5) is 0 Å². The van der Waals surface area contributed by atoms with Gasteiger partial charge in [-0.1, -0.05) is 12.1 Å². The zero-order valence-corrected chi connectivity index (χ0v) is 10.7. The Hall–Kier alpha value is -0.610. The average molecular weight is 316 g/mol. The maximum Gasteiger partial charge on any atom is 0.0788 e. The van der Waals surface area contributed by atoms with Crippen molar-refractivity contribution in [3.05, 3.63) is 45.1 Å². The molecule has 0 saturated carbocycles. The largest absolute Gasteiger partial charge is 0.238 e. The molecular formula is C10H8Br2N2. The van der Waals surface area contributed by atoms with Crippen LogP contribution in [0, 0.1) is 6.92 Å². The number of hydrogen-bond donors (Lipinski definition) is 0. The molecule has 0 aliphatic rings. The first-order valence-corrected chi connectivity index (χ1v) is 5.74. The maximum absolute atomic E-state index is 4.38. The molecule has 1 heterocycles. The van der Waals surface area contributed by atoms with Crippen LogP contribution >= 0.6 is 31.9 Å². The van der Waals surface area contributed by atoms with E-state index < -0.39 is 0 Å². The molecule has 0 bridgehead atoms. The lowest BCUT2D eigenvalue weighted by Gasteiger charge is -2.02. The van der Waals surface area contributed by atoms with Crippen LogP contribution < -0.4 is 0 Å². The van der Waals surface area contributed by atoms with Crippen molar-refractivity contribution in [3.8, 4) is 5.69 Å². The standard InChI is InChI=1S/C10H8Br2N2/c1-7-9(12)6-14(13-7)10-5-3-2-4-8(10)11/h2-6H,1H3. The second-order valence-corrected chi connectivity index (χ2v) is 4.67. The van der Waals surface area contributed by atoms with Gasteiger partial charge in [0.2, 0.25) is 0 Å². The number of rotatable bonds is 1. The Balaban J connectivity index is 2.55. The molecule has 0 atom stereocenters. The Bertz CT molecular complexity index is 443. The second-order valence-electron chi connectivity index (χ2n) is 2.96. The highest BCUT2D eigenvalue weighted by molar-refractivity contribution is 9.10. The molecule has 1 aromatic heterocycles. The minimum Gasteiger partial charge on any atom is -0.238 e.